The van der Waals surface area contributed by atoms with E-state index in [1.807, 2.05) is 18.2 Å². The van der Waals surface area contributed by atoms with Gasteiger partial charge in [-0.05, 0) is 26.0 Å². The van der Waals surface area contributed by atoms with E-state index < -0.39 is 0 Å². The SMILES string of the molecule is CC1(C)CC(=O)CCN1c1ccc2c(c1)OCO2. The van der Waals surface area contributed by atoms with Crippen molar-refractivity contribution < 1.29 is 14.3 Å². The summed E-state index contributed by atoms with van der Waals surface area (Å²) >= 11 is 0. The monoisotopic (exact) mass is 247 g/mol. The van der Waals surface area contributed by atoms with Crippen molar-refractivity contribution in [2.45, 2.75) is 32.2 Å². The number of fused-ring (bicyclic) bond motifs is 1. The highest BCUT2D eigenvalue weighted by atomic mass is 16.7. The zero-order valence-corrected chi connectivity index (χ0v) is 10.7. The van der Waals surface area contributed by atoms with Crippen LogP contribution in [0.15, 0.2) is 18.2 Å². The second-order valence-corrected chi connectivity index (χ2v) is 5.47. The number of ether oxygens (including phenoxy) is 2. The van der Waals surface area contributed by atoms with Crippen LogP contribution in [-0.4, -0.2) is 24.7 Å². The number of anilines is 1. The topological polar surface area (TPSA) is 38.8 Å². The van der Waals surface area contributed by atoms with Crippen molar-refractivity contribution in [1.82, 2.24) is 0 Å². The number of piperidine rings is 1. The number of carbonyl (C=O) groups excluding carboxylic acids is 1. The summed E-state index contributed by atoms with van der Waals surface area (Å²) < 4.78 is 10.7. The molecule has 4 heteroatoms. The number of nitrogens with zero attached hydrogens (tertiary/aromatic N) is 1. The molecule has 0 radical (unpaired) electrons. The summed E-state index contributed by atoms with van der Waals surface area (Å²) in [6, 6.07) is 5.97. The highest BCUT2D eigenvalue weighted by molar-refractivity contribution is 5.82. The first-order valence-electron chi connectivity index (χ1n) is 6.25. The van der Waals surface area contributed by atoms with Gasteiger partial charge in [-0.1, -0.05) is 0 Å². The molecule has 2 heterocycles. The number of Topliss-reactive ketones (excluding diaryl/α,β-unsaturated/α-hetero) is 1. The molecule has 0 saturated carbocycles. The van der Waals surface area contributed by atoms with Crippen LogP contribution in [0.1, 0.15) is 26.7 Å². The van der Waals surface area contributed by atoms with Crippen molar-refractivity contribution in [1.29, 1.82) is 0 Å². The first kappa shape index (κ1) is 11.4. The Bertz CT molecular complexity index is 496. The van der Waals surface area contributed by atoms with Crippen molar-refractivity contribution in [2.75, 3.05) is 18.2 Å². The second kappa shape index (κ2) is 3.90. The van der Waals surface area contributed by atoms with Gasteiger partial charge in [-0.3, -0.25) is 4.79 Å². The normalized spacial score (nSPS) is 21.2. The predicted molar refractivity (Wildman–Crippen MR) is 68.2 cm³/mol. The van der Waals surface area contributed by atoms with Crippen LogP contribution in [0.3, 0.4) is 0 Å². The van der Waals surface area contributed by atoms with Crippen molar-refractivity contribution >= 4 is 11.5 Å². The Labute approximate surface area is 106 Å². The molecule has 3 rings (SSSR count). The van der Waals surface area contributed by atoms with Gasteiger partial charge in [-0.25, -0.2) is 0 Å². The summed E-state index contributed by atoms with van der Waals surface area (Å²) in [7, 11) is 0. The number of benzene rings is 1. The van der Waals surface area contributed by atoms with Gasteiger partial charge < -0.3 is 14.4 Å². The standard InChI is InChI=1S/C14H17NO3/c1-14(2)8-11(16)5-6-15(14)10-3-4-12-13(7-10)18-9-17-12/h3-4,7H,5-6,8-9H2,1-2H3. The van der Waals surface area contributed by atoms with Crippen molar-refractivity contribution in [3.63, 3.8) is 0 Å². The molecule has 2 aliphatic heterocycles. The third-order valence-electron chi connectivity index (χ3n) is 3.64. The molecule has 1 saturated heterocycles. The Kier molecular flexibility index (Phi) is 2.47. The molecule has 1 aromatic carbocycles. The molecule has 0 amide bonds. The van der Waals surface area contributed by atoms with Gasteiger partial charge in [0, 0.05) is 36.7 Å². The van der Waals surface area contributed by atoms with Crippen LogP contribution in [0.2, 0.25) is 0 Å². The molecule has 1 fully saturated rings. The van der Waals surface area contributed by atoms with Crippen LogP contribution in [0.25, 0.3) is 0 Å². The molecular weight excluding hydrogens is 230 g/mol. The Morgan fingerprint density at radius 1 is 1.22 bits per heavy atom. The molecule has 1 aromatic rings. The van der Waals surface area contributed by atoms with E-state index in [1.54, 1.807) is 0 Å². The van der Waals surface area contributed by atoms with Crippen LogP contribution < -0.4 is 14.4 Å². The van der Waals surface area contributed by atoms with Crippen LogP contribution in [0, 0.1) is 0 Å². The van der Waals surface area contributed by atoms with E-state index in [4.69, 9.17) is 9.47 Å². The smallest absolute Gasteiger partial charge is 0.231 e. The maximum Gasteiger partial charge on any atom is 0.231 e. The fraction of sp³-hybridized carbons (Fsp3) is 0.500. The van der Waals surface area contributed by atoms with E-state index in [-0.39, 0.29) is 5.54 Å². The third kappa shape index (κ3) is 1.82. The first-order chi connectivity index (χ1) is 8.56. The molecule has 96 valence electrons. The fourth-order valence-corrected chi connectivity index (χ4v) is 2.74. The third-order valence-corrected chi connectivity index (χ3v) is 3.64. The minimum Gasteiger partial charge on any atom is -0.454 e. The zero-order chi connectivity index (χ0) is 12.8. The van der Waals surface area contributed by atoms with Gasteiger partial charge in [-0.2, -0.15) is 0 Å². The molecular formula is C14H17NO3. The Morgan fingerprint density at radius 3 is 2.78 bits per heavy atom. The lowest BCUT2D eigenvalue weighted by molar-refractivity contribution is -0.121. The summed E-state index contributed by atoms with van der Waals surface area (Å²) in [6.07, 6.45) is 1.22. The number of ketones is 1. The van der Waals surface area contributed by atoms with Crippen LogP contribution in [-0.2, 0) is 4.79 Å². The molecule has 0 spiro atoms. The molecule has 0 unspecified atom stereocenters. The minimum atomic E-state index is -0.136. The fourth-order valence-electron chi connectivity index (χ4n) is 2.74. The van der Waals surface area contributed by atoms with Gasteiger partial charge in [0.2, 0.25) is 6.79 Å². The second-order valence-electron chi connectivity index (χ2n) is 5.47. The van der Waals surface area contributed by atoms with Gasteiger partial charge in [0.05, 0.1) is 0 Å². The van der Waals surface area contributed by atoms with E-state index in [0.29, 0.717) is 25.4 Å². The molecule has 4 nitrogen and oxygen atoms in total. The summed E-state index contributed by atoms with van der Waals surface area (Å²) in [5.41, 5.74) is 0.958. The number of rotatable bonds is 1. The van der Waals surface area contributed by atoms with E-state index in [0.717, 1.165) is 23.7 Å². The molecule has 0 atom stereocenters. The van der Waals surface area contributed by atoms with Crippen LogP contribution in [0.4, 0.5) is 5.69 Å². The quantitative estimate of drug-likeness (QED) is 0.763. The van der Waals surface area contributed by atoms with Gasteiger partial charge in [-0.15, -0.1) is 0 Å². The molecule has 0 bridgehead atoms. The van der Waals surface area contributed by atoms with Crippen molar-refractivity contribution in [3.8, 4) is 11.5 Å². The molecule has 0 N–H and O–H groups in total. The molecule has 0 aromatic heterocycles. The van der Waals surface area contributed by atoms with Crippen molar-refractivity contribution in [2.24, 2.45) is 0 Å². The van der Waals surface area contributed by atoms with Gasteiger partial charge in [0.25, 0.3) is 0 Å². The predicted octanol–water partition coefficient (Wildman–Crippen LogP) is 2.36. The maximum atomic E-state index is 11.6. The number of hydrogen-bond donors (Lipinski definition) is 0. The highest BCUT2D eigenvalue weighted by Gasteiger charge is 2.34. The summed E-state index contributed by atoms with van der Waals surface area (Å²) in [5.74, 6) is 1.93. The minimum absolute atomic E-state index is 0.136. The van der Waals surface area contributed by atoms with E-state index in [1.165, 1.54) is 0 Å². The lowest BCUT2D eigenvalue weighted by Gasteiger charge is -2.43. The average molecular weight is 247 g/mol. The highest BCUT2D eigenvalue weighted by Crippen LogP contribution is 2.38. The van der Waals surface area contributed by atoms with Crippen molar-refractivity contribution in [3.05, 3.63) is 18.2 Å². The van der Waals surface area contributed by atoms with E-state index in [9.17, 15) is 4.79 Å². The summed E-state index contributed by atoms with van der Waals surface area (Å²) in [5, 5.41) is 0. The van der Waals surface area contributed by atoms with Gasteiger partial charge in [0.1, 0.15) is 5.78 Å². The van der Waals surface area contributed by atoms with Crippen LogP contribution >= 0.6 is 0 Å². The van der Waals surface area contributed by atoms with Crippen LogP contribution in [0.5, 0.6) is 11.5 Å². The molecule has 2 aliphatic rings. The van der Waals surface area contributed by atoms with E-state index in [2.05, 4.69) is 18.7 Å². The maximum absolute atomic E-state index is 11.6. The Hall–Kier alpha value is -1.71. The summed E-state index contributed by atoms with van der Waals surface area (Å²) in [6.45, 7) is 5.27. The Morgan fingerprint density at radius 2 is 2.00 bits per heavy atom. The zero-order valence-electron chi connectivity index (χ0n) is 10.7. The largest absolute Gasteiger partial charge is 0.454 e. The lowest BCUT2D eigenvalue weighted by atomic mass is 9.89. The first-order valence-corrected chi connectivity index (χ1v) is 6.25. The Balaban J connectivity index is 1.92. The molecule has 0 aliphatic carbocycles. The lowest BCUT2D eigenvalue weighted by Crippen LogP contribution is -2.50. The average Bonchev–Trinajstić information content (AvgIpc) is 2.74. The van der Waals surface area contributed by atoms with E-state index >= 15 is 0 Å². The summed E-state index contributed by atoms with van der Waals surface area (Å²) in [4.78, 5) is 13.8. The molecule has 18 heavy (non-hydrogen) atoms. The van der Waals surface area contributed by atoms with Gasteiger partial charge >= 0.3 is 0 Å². The van der Waals surface area contributed by atoms with Gasteiger partial charge in [0.15, 0.2) is 11.5 Å². The number of hydrogen-bond acceptors (Lipinski definition) is 4. The number of carbonyl (C=O) groups is 1.